The number of ether oxygens (including phenoxy) is 2. The molecule has 0 aromatic carbocycles. The number of carbonyl (C=O) groups excluding carboxylic acids is 1. The third-order valence-electron chi connectivity index (χ3n) is 4.46. The van der Waals surface area contributed by atoms with Gasteiger partial charge in [-0.05, 0) is 39.2 Å². The standard InChI is InChI=1S/C17H22N2O3S/c1-11-10-13(12(2)19(11)17-18-8-9-23-17)16(20)22-15-7-5-4-6-14(15)21-3/h8-10,14-15H,4-7H2,1-3H3. The van der Waals surface area contributed by atoms with Gasteiger partial charge in [0, 0.05) is 30.1 Å². The summed E-state index contributed by atoms with van der Waals surface area (Å²) in [6.07, 6.45) is 5.66. The summed E-state index contributed by atoms with van der Waals surface area (Å²) >= 11 is 1.55. The van der Waals surface area contributed by atoms with Crippen LogP contribution in [0.1, 0.15) is 47.4 Å². The molecular formula is C17H22N2O3S. The lowest BCUT2D eigenvalue weighted by atomic mass is 9.94. The van der Waals surface area contributed by atoms with Crippen LogP contribution in [0.3, 0.4) is 0 Å². The van der Waals surface area contributed by atoms with E-state index in [2.05, 4.69) is 4.98 Å². The van der Waals surface area contributed by atoms with Gasteiger partial charge in [0.25, 0.3) is 0 Å². The Hall–Kier alpha value is -1.66. The molecule has 0 N–H and O–H groups in total. The first-order valence-electron chi connectivity index (χ1n) is 7.94. The molecule has 0 aliphatic heterocycles. The summed E-state index contributed by atoms with van der Waals surface area (Å²) in [5.41, 5.74) is 2.46. The molecule has 23 heavy (non-hydrogen) atoms. The second-order valence-electron chi connectivity index (χ2n) is 5.94. The molecule has 0 amide bonds. The molecule has 0 bridgehead atoms. The van der Waals surface area contributed by atoms with E-state index < -0.39 is 0 Å². The summed E-state index contributed by atoms with van der Waals surface area (Å²) in [6.45, 7) is 3.91. The molecule has 1 fully saturated rings. The van der Waals surface area contributed by atoms with Crippen molar-refractivity contribution in [1.29, 1.82) is 0 Å². The van der Waals surface area contributed by atoms with E-state index >= 15 is 0 Å². The van der Waals surface area contributed by atoms with E-state index in [0.29, 0.717) is 5.56 Å². The van der Waals surface area contributed by atoms with Gasteiger partial charge in [0.05, 0.1) is 11.7 Å². The monoisotopic (exact) mass is 334 g/mol. The Balaban J connectivity index is 1.82. The molecule has 3 rings (SSSR count). The number of rotatable bonds is 4. The molecule has 0 radical (unpaired) electrons. The number of esters is 1. The van der Waals surface area contributed by atoms with Crippen molar-refractivity contribution in [1.82, 2.24) is 9.55 Å². The first kappa shape index (κ1) is 16.2. The summed E-state index contributed by atoms with van der Waals surface area (Å²) in [7, 11) is 1.69. The number of nitrogens with zero attached hydrogens (tertiary/aromatic N) is 2. The lowest BCUT2D eigenvalue weighted by Crippen LogP contribution is -2.35. The maximum Gasteiger partial charge on any atom is 0.340 e. The van der Waals surface area contributed by atoms with Gasteiger partial charge in [-0.25, -0.2) is 9.78 Å². The van der Waals surface area contributed by atoms with E-state index in [1.165, 1.54) is 0 Å². The van der Waals surface area contributed by atoms with Crippen molar-refractivity contribution in [3.63, 3.8) is 0 Å². The molecule has 1 aliphatic carbocycles. The van der Waals surface area contributed by atoms with Crippen LogP contribution in [-0.2, 0) is 9.47 Å². The van der Waals surface area contributed by atoms with E-state index in [-0.39, 0.29) is 18.2 Å². The van der Waals surface area contributed by atoms with Crippen LogP contribution in [0.2, 0.25) is 0 Å². The van der Waals surface area contributed by atoms with E-state index in [9.17, 15) is 4.79 Å². The second-order valence-corrected chi connectivity index (χ2v) is 6.81. The molecule has 2 aromatic heterocycles. The van der Waals surface area contributed by atoms with Gasteiger partial charge in [0.15, 0.2) is 5.13 Å². The minimum atomic E-state index is -0.269. The van der Waals surface area contributed by atoms with Gasteiger partial charge in [-0.15, -0.1) is 11.3 Å². The minimum absolute atomic E-state index is 0.00940. The van der Waals surface area contributed by atoms with Crippen LogP contribution in [0.4, 0.5) is 0 Å². The Kier molecular flexibility index (Phi) is 4.82. The van der Waals surface area contributed by atoms with Gasteiger partial charge >= 0.3 is 5.97 Å². The van der Waals surface area contributed by atoms with Crippen molar-refractivity contribution in [2.75, 3.05) is 7.11 Å². The van der Waals surface area contributed by atoms with Crippen molar-refractivity contribution in [2.24, 2.45) is 0 Å². The maximum atomic E-state index is 12.6. The molecule has 124 valence electrons. The van der Waals surface area contributed by atoms with Gasteiger partial charge in [0.2, 0.25) is 0 Å². The fourth-order valence-electron chi connectivity index (χ4n) is 3.26. The smallest absolute Gasteiger partial charge is 0.340 e. The van der Waals surface area contributed by atoms with Crippen LogP contribution in [0.5, 0.6) is 0 Å². The predicted octanol–water partition coefficient (Wildman–Crippen LogP) is 3.67. The highest BCUT2D eigenvalue weighted by Gasteiger charge is 2.30. The van der Waals surface area contributed by atoms with Crippen molar-refractivity contribution >= 4 is 17.3 Å². The lowest BCUT2D eigenvalue weighted by molar-refractivity contribution is -0.0539. The summed E-state index contributed by atoms with van der Waals surface area (Å²) < 4.78 is 13.2. The molecule has 1 saturated carbocycles. The zero-order valence-corrected chi connectivity index (χ0v) is 14.6. The maximum absolute atomic E-state index is 12.6. The Labute approximate surface area is 140 Å². The molecule has 2 unspecified atom stereocenters. The van der Waals surface area contributed by atoms with Crippen molar-refractivity contribution < 1.29 is 14.3 Å². The largest absolute Gasteiger partial charge is 0.456 e. The predicted molar refractivity (Wildman–Crippen MR) is 89.4 cm³/mol. The van der Waals surface area contributed by atoms with Gasteiger partial charge < -0.3 is 9.47 Å². The van der Waals surface area contributed by atoms with Crippen molar-refractivity contribution in [2.45, 2.75) is 51.7 Å². The number of hydrogen-bond acceptors (Lipinski definition) is 5. The normalized spacial score (nSPS) is 21.3. The average Bonchev–Trinajstić information content (AvgIpc) is 3.15. The van der Waals surface area contributed by atoms with Crippen molar-refractivity contribution in [3.8, 4) is 5.13 Å². The molecule has 2 atom stereocenters. The quantitative estimate of drug-likeness (QED) is 0.801. The van der Waals surface area contributed by atoms with Gasteiger partial charge in [0.1, 0.15) is 6.10 Å². The number of hydrogen-bond donors (Lipinski definition) is 0. The average molecular weight is 334 g/mol. The van der Waals surface area contributed by atoms with Gasteiger partial charge in [-0.2, -0.15) is 0 Å². The zero-order chi connectivity index (χ0) is 16.4. The van der Waals surface area contributed by atoms with Crippen LogP contribution < -0.4 is 0 Å². The molecule has 1 aliphatic rings. The number of thiazole rings is 1. The Morgan fingerprint density at radius 1 is 1.30 bits per heavy atom. The Morgan fingerprint density at radius 3 is 2.70 bits per heavy atom. The van der Waals surface area contributed by atoms with Crippen LogP contribution in [0.25, 0.3) is 5.13 Å². The topological polar surface area (TPSA) is 53.4 Å². The number of aromatic nitrogens is 2. The highest BCUT2D eigenvalue weighted by atomic mass is 32.1. The zero-order valence-electron chi connectivity index (χ0n) is 13.7. The fraction of sp³-hybridized carbons (Fsp3) is 0.529. The van der Waals surface area contributed by atoms with E-state index in [1.807, 2.05) is 29.9 Å². The highest BCUT2D eigenvalue weighted by molar-refractivity contribution is 7.12. The summed E-state index contributed by atoms with van der Waals surface area (Å²) in [5.74, 6) is -0.269. The van der Waals surface area contributed by atoms with Gasteiger partial charge in [-0.3, -0.25) is 4.57 Å². The molecule has 2 aromatic rings. The van der Waals surface area contributed by atoms with E-state index in [0.717, 1.165) is 42.2 Å². The van der Waals surface area contributed by atoms with Crippen molar-refractivity contribution in [3.05, 3.63) is 34.6 Å². The summed E-state index contributed by atoms with van der Waals surface area (Å²) in [4.78, 5) is 17.0. The third kappa shape index (κ3) is 3.19. The van der Waals surface area contributed by atoms with Crippen LogP contribution in [0.15, 0.2) is 17.6 Å². The number of carbonyl (C=O) groups is 1. The third-order valence-corrected chi connectivity index (χ3v) is 5.22. The number of methoxy groups -OCH3 is 1. The first-order valence-corrected chi connectivity index (χ1v) is 8.82. The van der Waals surface area contributed by atoms with E-state index in [1.54, 1.807) is 24.6 Å². The van der Waals surface area contributed by atoms with Gasteiger partial charge in [-0.1, -0.05) is 6.42 Å². The fourth-order valence-corrected chi connectivity index (χ4v) is 4.01. The van der Waals surface area contributed by atoms with Crippen LogP contribution >= 0.6 is 11.3 Å². The molecule has 0 spiro atoms. The molecular weight excluding hydrogens is 312 g/mol. The first-order chi connectivity index (χ1) is 11.1. The summed E-state index contributed by atoms with van der Waals surface area (Å²) in [5, 5.41) is 2.80. The highest BCUT2D eigenvalue weighted by Crippen LogP contribution is 2.27. The second kappa shape index (κ2) is 6.84. The minimum Gasteiger partial charge on any atom is -0.456 e. The lowest BCUT2D eigenvalue weighted by Gasteiger charge is -2.29. The number of aryl methyl sites for hydroxylation is 1. The molecule has 5 nitrogen and oxygen atoms in total. The molecule has 6 heteroatoms. The Morgan fingerprint density at radius 2 is 2.04 bits per heavy atom. The van der Waals surface area contributed by atoms with E-state index in [4.69, 9.17) is 9.47 Å². The summed E-state index contributed by atoms with van der Waals surface area (Å²) in [6, 6.07) is 1.88. The SMILES string of the molecule is COC1CCCCC1OC(=O)c1cc(C)n(-c2nccs2)c1C. The van der Waals surface area contributed by atoms with Crippen LogP contribution in [0, 0.1) is 13.8 Å². The Bertz CT molecular complexity index is 678. The molecule has 0 saturated heterocycles. The molecule has 2 heterocycles. The van der Waals surface area contributed by atoms with Crippen LogP contribution in [-0.4, -0.2) is 34.8 Å².